The molecule has 1 aliphatic heterocycles. The molecule has 1 aliphatic rings. The van der Waals surface area contributed by atoms with Crippen LogP contribution < -0.4 is 19.8 Å². The Morgan fingerprint density at radius 2 is 1.40 bits per heavy atom. The van der Waals surface area contributed by atoms with Crippen LogP contribution in [0.2, 0.25) is 0 Å². The summed E-state index contributed by atoms with van der Waals surface area (Å²) >= 11 is 0. The molecule has 272 valence electrons. The van der Waals surface area contributed by atoms with Gasteiger partial charge in [0.2, 0.25) is 12.4 Å². The fraction of sp³-hybridized carbons (Fsp3) is 0.486. The molecular weight excluding hydrogens is 660 g/mol. The molecule has 0 bridgehead atoms. The van der Waals surface area contributed by atoms with Crippen molar-refractivity contribution in [1.29, 1.82) is 0 Å². The molecule has 1 fully saturated rings. The highest BCUT2D eigenvalue weighted by molar-refractivity contribution is 5.87. The van der Waals surface area contributed by atoms with Gasteiger partial charge in [0.25, 0.3) is 5.75 Å². The Labute approximate surface area is 288 Å². The molecule has 0 radical (unpaired) electrons. The highest BCUT2D eigenvalue weighted by Crippen LogP contribution is 2.36. The standard InChI is InChI=1S/C35H42O15/c1-18(2)10-9-11-19(3)14-15-42-29-26-13-12-25(16-27(26)49-34(41)32(29)46-23(7)39)48-35-33(47-24(8)40)31(45-22(6)38)30(44-21(5)37)28(50-35)17-43-20(4)36/h10,12-14,16,28,30-31,33,35H,9,11,15,17H2,1-8H3/b19-14+/t28-,30-,31+,33+,35+/m1/s1. The van der Waals surface area contributed by atoms with E-state index in [9.17, 15) is 28.8 Å². The number of carbonyl (C=O) groups is 5. The highest BCUT2D eigenvalue weighted by Gasteiger charge is 2.53. The summed E-state index contributed by atoms with van der Waals surface area (Å²) in [6.45, 7) is 11.2. The molecule has 0 aliphatic carbocycles. The second kappa shape index (κ2) is 18.0. The van der Waals surface area contributed by atoms with E-state index in [-0.39, 0.29) is 29.1 Å². The maximum Gasteiger partial charge on any atom is 0.383 e. The van der Waals surface area contributed by atoms with Crippen LogP contribution in [-0.2, 0) is 47.7 Å². The Kier molecular flexibility index (Phi) is 14.1. The van der Waals surface area contributed by atoms with Gasteiger partial charge in [0.1, 0.15) is 30.7 Å². The monoisotopic (exact) mass is 702 g/mol. The number of benzene rings is 1. The average molecular weight is 703 g/mol. The smallest absolute Gasteiger partial charge is 0.383 e. The Morgan fingerprint density at radius 3 is 2.00 bits per heavy atom. The number of rotatable bonds is 14. The first-order chi connectivity index (χ1) is 23.5. The van der Waals surface area contributed by atoms with Crippen molar-refractivity contribution in [2.75, 3.05) is 13.2 Å². The fourth-order valence-corrected chi connectivity index (χ4v) is 4.96. The maximum atomic E-state index is 13.0. The summed E-state index contributed by atoms with van der Waals surface area (Å²) in [6, 6.07) is 4.24. The normalized spacial score (nSPS) is 20.2. The number of carbonyl (C=O) groups excluding carboxylic acids is 5. The fourth-order valence-electron chi connectivity index (χ4n) is 4.96. The molecule has 5 atom stereocenters. The first-order valence-electron chi connectivity index (χ1n) is 15.7. The number of hydrogen-bond donors (Lipinski definition) is 0. The van der Waals surface area contributed by atoms with Crippen LogP contribution in [0.4, 0.5) is 0 Å². The molecule has 2 heterocycles. The van der Waals surface area contributed by atoms with E-state index in [1.807, 2.05) is 26.8 Å². The summed E-state index contributed by atoms with van der Waals surface area (Å²) in [5, 5.41) is 0.255. The van der Waals surface area contributed by atoms with E-state index in [4.69, 9.17) is 42.3 Å². The van der Waals surface area contributed by atoms with E-state index in [1.165, 1.54) is 23.8 Å². The van der Waals surface area contributed by atoms with Gasteiger partial charge in [0, 0.05) is 40.7 Å². The Balaban J connectivity index is 2.03. The molecule has 50 heavy (non-hydrogen) atoms. The summed E-state index contributed by atoms with van der Waals surface area (Å²) in [5.74, 6) is -4.31. The van der Waals surface area contributed by atoms with Crippen LogP contribution >= 0.6 is 0 Å². The first kappa shape index (κ1) is 39.3. The summed E-state index contributed by atoms with van der Waals surface area (Å²) < 4.78 is 49.9. The Hall–Kier alpha value is -5.18. The van der Waals surface area contributed by atoms with E-state index in [0.717, 1.165) is 53.0 Å². The van der Waals surface area contributed by atoms with Crippen molar-refractivity contribution in [3.8, 4) is 17.2 Å². The third kappa shape index (κ3) is 11.5. The summed E-state index contributed by atoms with van der Waals surface area (Å²) in [6.07, 6.45) is -1.49. The van der Waals surface area contributed by atoms with Crippen molar-refractivity contribution in [2.24, 2.45) is 0 Å². The molecule has 15 nitrogen and oxygen atoms in total. The molecular formula is C35H42O15. The minimum absolute atomic E-state index is 0.0164. The minimum atomic E-state index is -1.53. The van der Waals surface area contributed by atoms with E-state index in [0.29, 0.717) is 0 Å². The second-order valence-corrected chi connectivity index (χ2v) is 11.7. The molecule has 2 aromatic rings. The zero-order valence-corrected chi connectivity index (χ0v) is 29.2. The predicted octanol–water partition coefficient (Wildman–Crippen LogP) is 4.25. The minimum Gasteiger partial charge on any atom is -0.485 e. The molecule has 15 heteroatoms. The van der Waals surface area contributed by atoms with Gasteiger partial charge in [0.05, 0.1) is 5.39 Å². The Bertz CT molecular complexity index is 1700. The molecule has 0 saturated carbocycles. The third-order valence-electron chi connectivity index (χ3n) is 6.99. The van der Waals surface area contributed by atoms with Gasteiger partial charge in [-0.15, -0.1) is 0 Å². The van der Waals surface area contributed by atoms with Gasteiger partial charge in [-0.1, -0.05) is 17.2 Å². The lowest BCUT2D eigenvalue weighted by atomic mass is 9.98. The highest BCUT2D eigenvalue weighted by atomic mass is 16.7. The number of ether oxygens (including phenoxy) is 8. The Morgan fingerprint density at radius 1 is 0.760 bits per heavy atom. The van der Waals surface area contributed by atoms with Crippen LogP contribution in [0.25, 0.3) is 11.0 Å². The summed E-state index contributed by atoms with van der Waals surface area (Å²) in [7, 11) is 0. The van der Waals surface area contributed by atoms with E-state index < -0.39 is 78.5 Å². The zero-order valence-electron chi connectivity index (χ0n) is 29.2. The molecule has 1 saturated heterocycles. The molecule has 1 aromatic carbocycles. The van der Waals surface area contributed by atoms with Crippen molar-refractivity contribution < 1.29 is 66.3 Å². The lowest BCUT2D eigenvalue weighted by molar-refractivity contribution is -0.288. The second-order valence-electron chi connectivity index (χ2n) is 11.7. The van der Waals surface area contributed by atoms with Crippen molar-refractivity contribution in [1.82, 2.24) is 0 Å². The number of esters is 5. The molecule has 0 spiro atoms. The summed E-state index contributed by atoms with van der Waals surface area (Å²) in [4.78, 5) is 72.8. The molecule has 0 unspecified atom stereocenters. The largest absolute Gasteiger partial charge is 0.485 e. The van der Waals surface area contributed by atoms with Crippen molar-refractivity contribution in [2.45, 2.75) is 98.9 Å². The van der Waals surface area contributed by atoms with Gasteiger partial charge in [-0.3, -0.25) is 24.0 Å². The third-order valence-corrected chi connectivity index (χ3v) is 6.99. The predicted molar refractivity (Wildman–Crippen MR) is 174 cm³/mol. The quantitative estimate of drug-likeness (QED) is 0.117. The zero-order chi connectivity index (χ0) is 37.1. The topological polar surface area (TPSA) is 189 Å². The van der Waals surface area contributed by atoms with Crippen LogP contribution in [0.1, 0.15) is 68.2 Å². The lowest BCUT2D eigenvalue weighted by Gasteiger charge is -2.43. The average Bonchev–Trinajstić information content (AvgIpc) is 2.99. The van der Waals surface area contributed by atoms with Crippen LogP contribution in [0.3, 0.4) is 0 Å². The lowest BCUT2D eigenvalue weighted by Crippen LogP contribution is -2.63. The molecule has 1 aromatic heterocycles. The first-order valence-corrected chi connectivity index (χ1v) is 15.7. The van der Waals surface area contributed by atoms with Crippen molar-refractivity contribution in [3.05, 3.63) is 51.9 Å². The SMILES string of the molecule is CC(=O)OC[C@H]1O[C@H](Oc2ccc3c(OC/C=C(\C)CCC=C(C)C)c(OC(C)=O)c(=O)oc3c2)[C@@H](OC(C)=O)[C@@H](OC(C)=O)[C@@H]1OC(C)=O. The van der Waals surface area contributed by atoms with Crippen molar-refractivity contribution in [3.63, 3.8) is 0 Å². The summed E-state index contributed by atoms with van der Waals surface area (Å²) in [5.41, 5.74) is 1.22. The van der Waals surface area contributed by atoms with Gasteiger partial charge in [-0.2, -0.15) is 0 Å². The van der Waals surface area contributed by atoms with Gasteiger partial charge < -0.3 is 42.3 Å². The molecule has 0 amide bonds. The molecule has 3 rings (SSSR count). The van der Waals surface area contributed by atoms with Gasteiger partial charge in [0.15, 0.2) is 18.0 Å². The van der Waals surface area contributed by atoms with Crippen LogP contribution in [-0.4, -0.2) is 73.8 Å². The van der Waals surface area contributed by atoms with Gasteiger partial charge in [-0.25, -0.2) is 4.79 Å². The van der Waals surface area contributed by atoms with Gasteiger partial charge in [-0.05, 0) is 51.8 Å². The van der Waals surface area contributed by atoms with E-state index in [2.05, 4.69) is 6.08 Å². The number of hydrogen-bond acceptors (Lipinski definition) is 15. The number of allylic oxidation sites excluding steroid dienone is 3. The van der Waals surface area contributed by atoms with Gasteiger partial charge >= 0.3 is 35.5 Å². The van der Waals surface area contributed by atoms with E-state index in [1.54, 1.807) is 0 Å². The maximum absolute atomic E-state index is 13.0. The van der Waals surface area contributed by atoms with E-state index >= 15 is 0 Å². The number of fused-ring (bicyclic) bond motifs is 1. The van der Waals surface area contributed by atoms with Crippen LogP contribution in [0.15, 0.2) is 50.7 Å². The molecule has 0 N–H and O–H groups in total. The van der Waals surface area contributed by atoms with Crippen LogP contribution in [0, 0.1) is 0 Å². The van der Waals surface area contributed by atoms with Crippen LogP contribution in [0.5, 0.6) is 17.2 Å². The van der Waals surface area contributed by atoms with Crippen molar-refractivity contribution >= 4 is 40.8 Å².